The Balaban J connectivity index is 2.27. The Hall–Kier alpha value is -0.840. The number of amides is 1. The van der Waals surface area contributed by atoms with Crippen molar-refractivity contribution in [3.63, 3.8) is 0 Å². The molecule has 0 radical (unpaired) electrons. The van der Waals surface area contributed by atoms with Crippen molar-refractivity contribution < 1.29 is 13.2 Å². The van der Waals surface area contributed by atoms with Crippen molar-refractivity contribution in [2.75, 3.05) is 11.4 Å². The van der Waals surface area contributed by atoms with Crippen LogP contribution >= 0.6 is 23.6 Å². The lowest BCUT2D eigenvalue weighted by molar-refractivity contribution is -0.117. The van der Waals surface area contributed by atoms with Gasteiger partial charge in [0.25, 0.3) is 0 Å². The van der Waals surface area contributed by atoms with Gasteiger partial charge in [0.1, 0.15) is 5.25 Å². The normalized spacial score (nSPS) is 21.7. The van der Waals surface area contributed by atoms with Gasteiger partial charge in [-0.15, -0.1) is 5.10 Å². The monoisotopic (exact) mass is 280 g/mol. The van der Waals surface area contributed by atoms with Crippen molar-refractivity contribution in [1.82, 2.24) is 10.2 Å². The second-order valence-electron chi connectivity index (χ2n) is 3.32. The predicted octanol–water partition coefficient (Wildman–Crippen LogP) is -0.406. The maximum Gasteiger partial charge on any atom is 0.230 e. The number of nitrogens with one attached hydrogen (secondary N) is 1. The second kappa shape index (κ2) is 3.87. The molecule has 1 aliphatic rings. The second-order valence-corrected chi connectivity index (χ2v) is 6.80. The fourth-order valence-corrected chi connectivity index (χ4v) is 3.05. The number of carbonyl (C=O) groups is 1. The highest BCUT2D eigenvalue weighted by Crippen LogP contribution is 2.25. The van der Waals surface area contributed by atoms with Gasteiger partial charge >= 0.3 is 0 Å². The van der Waals surface area contributed by atoms with Gasteiger partial charge in [0.15, 0.2) is 3.95 Å². The van der Waals surface area contributed by atoms with Crippen LogP contribution in [0.1, 0.15) is 6.42 Å². The highest BCUT2D eigenvalue weighted by atomic mass is 32.2. The summed E-state index contributed by atoms with van der Waals surface area (Å²) < 4.78 is 22.7. The highest BCUT2D eigenvalue weighted by Gasteiger charge is 2.38. The summed E-state index contributed by atoms with van der Waals surface area (Å²) in [5.41, 5.74) is 0. The number of aromatic nitrogens is 2. The molecule has 16 heavy (non-hydrogen) atoms. The van der Waals surface area contributed by atoms with Crippen LogP contribution in [0, 0.1) is 3.95 Å². The van der Waals surface area contributed by atoms with E-state index in [1.165, 1.54) is 4.90 Å². The van der Waals surface area contributed by atoms with Crippen molar-refractivity contribution in [2.45, 2.75) is 11.7 Å². The van der Waals surface area contributed by atoms with Crippen LogP contribution in [0.3, 0.4) is 0 Å². The highest BCUT2D eigenvalue weighted by molar-refractivity contribution is 7.89. The molecular formula is C6H8N4O3S3. The first kappa shape index (κ1) is 11.6. The molecule has 0 bridgehead atoms. The molecule has 1 aromatic heterocycles. The summed E-state index contributed by atoms with van der Waals surface area (Å²) in [5, 5.41) is 10.9. The van der Waals surface area contributed by atoms with Gasteiger partial charge in [0.05, 0.1) is 0 Å². The van der Waals surface area contributed by atoms with Crippen molar-refractivity contribution >= 4 is 44.6 Å². The summed E-state index contributed by atoms with van der Waals surface area (Å²) in [7, 11) is -3.69. The van der Waals surface area contributed by atoms with Gasteiger partial charge in [0.2, 0.25) is 21.1 Å². The number of carbonyl (C=O) groups excluding carboxylic acids is 1. The first-order valence-electron chi connectivity index (χ1n) is 4.25. The molecule has 88 valence electrons. The molecule has 3 N–H and O–H groups in total. The van der Waals surface area contributed by atoms with E-state index in [1.54, 1.807) is 0 Å². The number of hydrogen-bond donors (Lipinski definition) is 2. The first-order valence-corrected chi connectivity index (χ1v) is 7.09. The summed E-state index contributed by atoms with van der Waals surface area (Å²) in [4.78, 5) is 12.8. The number of hydrogen-bond acceptors (Lipinski definition) is 6. The molecule has 1 aliphatic heterocycles. The maximum absolute atomic E-state index is 11.6. The summed E-state index contributed by atoms with van der Waals surface area (Å²) in [6, 6.07) is 0. The van der Waals surface area contributed by atoms with Crippen LogP contribution < -0.4 is 10.0 Å². The molecule has 0 saturated carbocycles. The molecule has 10 heteroatoms. The van der Waals surface area contributed by atoms with E-state index in [-0.39, 0.29) is 18.9 Å². The van der Waals surface area contributed by atoms with Crippen molar-refractivity contribution in [3.05, 3.63) is 3.95 Å². The van der Waals surface area contributed by atoms with Crippen LogP contribution in [-0.2, 0) is 14.8 Å². The molecule has 2 rings (SSSR count). The van der Waals surface area contributed by atoms with E-state index in [2.05, 4.69) is 10.2 Å². The van der Waals surface area contributed by atoms with Gasteiger partial charge in [0, 0.05) is 13.0 Å². The van der Waals surface area contributed by atoms with E-state index >= 15 is 0 Å². The number of nitrogens with zero attached hydrogens (tertiary/aromatic N) is 2. The third kappa shape index (κ3) is 2.14. The van der Waals surface area contributed by atoms with Gasteiger partial charge in [-0.2, -0.15) is 0 Å². The van der Waals surface area contributed by atoms with E-state index in [9.17, 15) is 13.2 Å². The molecule has 1 atom stereocenters. The Morgan fingerprint density at radius 1 is 1.62 bits per heavy atom. The van der Waals surface area contributed by atoms with E-state index < -0.39 is 15.3 Å². The molecular weight excluding hydrogens is 272 g/mol. The topological polar surface area (TPSA) is 109 Å². The van der Waals surface area contributed by atoms with Gasteiger partial charge < -0.3 is 0 Å². The number of nitrogens with two attached hydrogens (primary N) is 1. The average Bonchev–Trinajstić information content (AvgIpc) is 2.70. The summed E-state index contributed by atoms with van der Waals surface area (Å²) in [6.07, 6.45) is -0.106. The minimum Gasteiger partial charge on any atom is -0.285 e. The Labute approximate surface area is 100 Å². The Morgan fingerprint density at radius 2 is 2.31 bits per heavy atom. The van der Waals surface area contributed by atoms with Crippen LogP contribution in [0.2, 0.25) is 0 Å². The largest absolute Gasteiger partial charge is 0.285 e. The van der Waals surface area contributed by atoms with Crippen LogP contribution in [0.25, 0.3) is 0 Å². The van der Waals surface area contributed by atoms with E-state index in [0.29, 0.717) is 9.09 Å². The minimum absolute atomic E-state index is 0.0355. The van der Waals surface area contributed by atoms with Crippen molar-refractivity contribution in [1.29, 1.82) is 0 Å². The van der Waals surface area contributed by atoms with Crippen molar-refractivity contribution in [3.8, 4) is 0 Å². The first-order chi connectivity index (χ1) is 7.38. The standard InChI is InChI=1S/C6H8N4O3S3/c7-16(12,13)3-1-4(11)10(2-3)5-8-9-6(14)15-5/h3H,1-2H2,(H,9,14)(H2,7,12,13). The summed E-state index contributed by atoms with van der Waals surface area (Å²) >= 11 is 5.95. The quantitative estimate of drug-likeness (QED) is 0.716. The fourth-order valence-electron chi connectivity index (χ4n) is 1.42. The number of primary sulfonamides is 1. The number of rotatable bonds is 2. The van der Waals surface area contributed by atoms with E-state index in [0.717, 1.165) is 11.3 Å². The summed E-state index contributed by atoms with van der Waals surface area (Å²) in [6.45, 7) is 0.0355. The van der Waals surface area contributed by atoms with Crippen LogP contribution in [0.5, 0.6) is 0 Å². The van der Waals surface area contributed by atoms with E-state index in [1.807, 2.05) is 0 Å². The zero-order valence-electron chi connectivity index (χ0n) is 7.91. The lowest BCUT2D eigenvalue weighted by Gasteiger charge is -2.10. The molecule has 1 unspecified atom stereocenters. The number of anilines is 1. The van der Waals surface area contributed by atoms with Gasteiger partial charge in [-0.05, 0) is 12.2 Å². The third-order valence-corrected chi connectivity index (χ3v) is 4.57. The molecule has 1 fully saturated rings. The average molecular weight is 280 g/mol. The third-order valence-electron chi connectivity index (χ3n) is 2.21. The lowest BCUT2D eigenvalue weighted by atomic mass is 10.4. The summed E-state index contributed by atoms with van der Waals surface area (Å²) in [5.74, 6) is -0.309. The Kier molecular flexibility index (Phi) is 2.82. The zero-order valence-corrected chi connectivity index (χ0v) is 10.4. The molecule has 2 heterocycles. The van der Waals surface area contributed by atoms with Crippen LogP contribution in [-0.4, -0.2) is 36.3 Å². The molecule has 0 aromatic carbocycles. The molecule has 0 spiro atoms. The van der Waals surface area contributed by atoms with Crippen LogP contribution in [0.4, 0.5) is 5.13 Å². The number of sulfonamides is 1. The SMILES string of the molecule is NS(=O)(=O)C1CC(=O)N(c2n[nH]c(=S)s2)C1. The predicted molar refractivity (Wildman–Crippen MR) is 61.2 cm³/mol. The smallest absolute Gasteiger partial charge is 0.230 e. The number of H-pyrrole nitrogens is 1. The van der Waals surface area contributed by atoms with E-state index in [4.69, 9.17) is 17.4 Å². The zero-order chi connectivity index (χ0) is 11.9. The van der Waals surface area contributed by atoms with Crippen molar-refractivity contribution in [2.24, 2.45) is 5.14 Å². The molecule has 0 aliphatic carbocycles. The Morgan fingerprint density at radius 3 is 2.75 bits per heavy atom. The minimum atomic E-state index is -3.69. The fraction of sp³-hybridized carbons (Fsp3) is 0.500. The maximum atomic E-state index is 11.6. The molecule has 1 amide bonds. The van der Waals surface area contributed by atoms with Gasteiger partial charge in [-0.1, -0.05) is 11.3 Å². The lowest BCUT2D eigenvalue weighted by Crippen LogP contribution is -2.32. The van der Waals surface area contributed by atoms with Gasteiger partial charge in [-0.25, -0.2) is 13.6 Å². The Bertz CT molecular complexity index is 574. The molecule has 1 saturated heterocycles. The van der Waals surface area contributed by atoms with Gasteiger partial charge in [-0.3, -0.25) is 14.8 Å². The number of aromatic amines is 1. The molecule has 1 aromatic rings. The molecule has 7 nitrogen and oxygen atoms in total. The van der Waals surface area contributed by atoms with Crippen LogP contribution in [0.15, 0.2) is 0 Å².